The molecule has 6 aliphatic rings. The molecular weight excluding hydrogens is 540 g/mol. The Morgan fingerprint density at radius 3 is 1.12 bits per heavy atom. The standard InChI is InChI=1S/3C10H8N2O2/c13-9-3-5-6-4-10(14)12-8(6)2-1-7(5)11-9;13-8-3-5-1-2-7-6(10(5)12-8)4-9(14)11-7;13-7-3-5-1-2-6-4-8(14)12-10(6)9(5)11-7/h1-2H,3-4H2,(H,11,13)(H,12,14);1-2H,3-4H2,(H,11,14)(H,12,13);1-2H,3-4H2,(H,11,13)(H,12,14). The van der Waals surface area contributed by atoms with E-state index in [1.54, 1.807) is 0 Å². The van der Waals surface area contributed by atoms with Gasteiger partial charge in [0.1, 0.15) is 0 Å². The van der Waals surface area contributed by atoms with Gasteiger partial charge in [-0.3, -0.25) is 28.8 Å². The fourth-order valence-corrected chi connectivity index (χ4v) is 6.03. The minimum absolute atomic E-state index is 0.00505. The van der Waals surface area contributed by atoms with Crippen LogP contribution in [0.15, 0.2) is 36.4 Å². The maximum Gasteiger partial charge on any atom is 0.228 e. The van der Waals surface area contributed by atoms with Crippen LogP contribution < -0.4 is 31.9 Å². The number of fused-ring (bicyclic) bond motifs is 9. The summed E-state index contributed by atoms with van der Waals surface area (Å²) >= 11 is 0. The monoisotopic (exact) mass is 564 g/mol. The average Bonchev–Trinajstić information content (AvgIpc) is 3.75. The summed E-state index contributed by atoms with van der Waals surface area (Å²) in [5.74, 6) is 0.00638. The van der Waals surface area contributed by atoms with Gasteiger partial charge in [-0.05, 0) is 46.0 Å². The largest absolute Gasteiger partial charge is 0.326 e. The van der Waals surface area contributed by atoms with Gasteiger partial charge < -0.3 is 31.9 Å². The van der Waals surface area contributed by atoms with Crippen LogP contribution in [0.1, 0.15) is 33.4 Å². The predicted octanol–water partition coefficient (Wildman–Crippen LogP) is 2.03. The molecule has 0 spiro atoms. The van der Waals surface area contributed by atoms with Crippen LogP contribution in [0.4, 0.5) is 34.1 Å². The summed E-state index contributed by atoms with van der Waals surface area (Å²) in [4.78, 5) is 67.0. The maximum absolute atomic E-state index is 11.2. The third-order valence-electron chi connectivity index (χ3n) is 7.89. The third kappa shape index (κ3) is 4.42. The van der Waals surface area contributed by atoms with E-state index in [0.29, 0.717) is 38.5 Å². The summed E-state index contributed by atoms with van der Waals surface area (Å²) in [5, 5.41) is 16.6. The van der Waals surface area contributed by atoms with Crippen molar-refractivity contribution in [3.8, 4) is 0 Å². The van der Waals surface area contributed by atoms with E-state index in [-0.39, 0.29) is 35.4 Å². The maximum atomic E-state index is 11.2. The number of hydrogen-bond acceptors (Lipinski definition) is 6. The highest BCUT2D eigenvalue weighted by molar-refractivity contribution is 6.10. The quantitative estimate of drug-likeness (QED) is 0.244. The lowest BCUT2D eigenvalue weighted by molar-refractivity contribution is -0.116. The highest BCUT2D eigenvalue weighted by Gasteiger charge is 2.30. The molecule has 210 valence electrons. The van der Waals surface area contributed by atoms with Crippen LogP contribution in [0.25, 0.3) is 0 Å². The lowest BCUT2D eigenvalue weighted by Gasteiger charge is -2.05. The number of carbonyl (C=O) groups excluding carboxylic acids is 6. The van der Waals surface area contributed by atoms with Crippen molar-refractivity contribution in [3.63, 3.8) is 0 Å². The Morgan fingerprint density at radius 2 is 0.643 bits per heavy atom. The summed E-state index contributed by atoms with van der Waals surface area (Å²) < 4.78 is 0. The molecule has 6 amide bonds. The Labute approximate surface area is 238 Å². The van der Waals surface area contributed by atoms with Crippen molar-refractivity contribution in [2.24, 2.45) is 0 Å². The molecule has 6 heterocycles. The number of benzene rings is 3. The first-order valence-corrected chi connectivity index (χ1v) is 13.4. The summed E-state index contributed by atoms with van der Waals surface area (Å²) in [6, 6.07) is 11.2. The molecule has 9 rings (SSSR count). The van der Waals surface area contributed by atoms with Gasteiger partial charge in [-0.2, -0.15) is 0 Å². The van der Waals surface area contributed by atoms with E-state index in [4.69, 9.17) is 0 Å². The van der Waals surface area contributed by atoms with Gasteiger partial charge in [0.15, 0.2) is 0 Å². The topological polar surface area (TPSA) is 175 Å². The predicted molar refractivity (Wildman–Crippen MR) is 153 cm³/mol. The number of rotatable bonds is 0. The fourth-order valence-electron chi connectivity index (χ4n) is 6.03. The van der Waals surface area contributed by atoms with Gasteiger partial charge >= 0.3 is 0 Å². The molecule has 0 saturated heterocycles. The summed E-state index contributed by atoms with van der Waals surface area (Å²) in [6.45, 7) is 0. The fraction of sp³-hybridized carbons (Fsp3) is 0.200. The van der Waals surface area contributed by atoms with Gasteiger partial charge in [0.2, 0.25) is 35.4 Å². The Bertz CT molecular complexity index is 1480. The minimum Gasteiger partial charge on any atom is -0.326 e. The molecule has 0 aliphatic carbocycles. The van der Waals surface area contributed by atoms with Crippen molar-refractivity contribution in [1.29, 1.82) is 0 Å². The lowest BCUT2D eigenvalue weighted by Crippen LogP contribution is -2.07. The second-order valence-corrected chi connectivity index (χ2v) is 10.7. The number of anilines is 6. The first kappa shape index (κ1) is 25.4. The van der Waals surface area contributed by atoms with Crippen LogP contribution in [0.3, 0.4) is 0 Å². The van der Waals surface area contributed by atoms with Crippen LogP contribution in [0.5, 0.6) is 0 Å². The van der Waals surface area contributed by atoms with Gasteiger partial charge in [0, 0.05) is 22.6 Å². The van der Waals surface area contributed by atoms with Crippen molar-refractivity contribution in [2.45, 2.75) is 38.5 Å². The van der Waals surface area contributed by atoms with Crippen LogP contribution in [-0.2, 0) is 67.3 Å². The van der Waals surface area contributed by atoms with Gasteiger partial charge in [-0.25, -0.2) is 0 Å². The molecule has 0 bridgehead atoms. The highest BCUT2D eigenvalue weighted by atomic mass is 16.2. The molecule has 3 aromatic rings. The molecule has 42 heavy (non-hydrogen) atoms. The molecule has 6 aliphatic heterocycles. The zero-order valence-electron chi connectivity index (χ0n) is 22.2. The molecule has 0 radical (unpaired) electrons. The van der Waals surface area contributed by atoms with Gasteiger partial charge in [0.05, 0.1) is 55.6 Å². The zero-order valence-corrected chi connectivity index (χ0v) is 22.2. The molecule has 3 aromatic carbocycles. The molecule has 0 unspecified atom stereocenters. The van der Waals surface area contributed by atoms with Gasteiger partial charge in [0.25, 0.3) is 0 Å². The molecule has 6 N–H and O–H groups in total. The van der Waals surface area contributed by atoms with Crippen LogP contribution in [-0.4, -0.2) is 35.4 Å². The van der Waals surface area contributed by atoms with E-state index < -0.39 is 0 Å². The molecule has 12 heteroatoms. The highest BCUT2D eigenvalue weighted by Crippen LogP contribution is 2.38. The first-order valence-electron chi connectivity index (χ1n) is 13.4. The minimum atomic E-state index is -0.00505. The third-order valence-corrected chi connectivity index (χ3v) is 7.89. The van der Waals surface area contributed by atoms with Crippen molar-refractivity contribution >= 4 is 69.6 Å². The number of carbonyl (C=O) groups is 6. The lowest BCUT2D eigenvalue weighted by atomic mass is 10.0. The summed E-state index contributed by atoms with van der Waals surface area (Å²) in [7, 11) is 0. The summed E-state index contributed by atoms with van der Waals surface area (Å²) in [6.07, 6.45) is 2.42. The smallest absolute Gasteiger partial charge is 0.228 e. The van der Waals surface area contributed by atoms with Gasteiger partial charge in [-0.15, -0.1) is 0 Å². The second kappa shape index (κ2) is 9.54. The number of hydrogen-bond donors (Lipinski definition) is 6. The molecule has 12 nitrogen and oxygen atoms in total. The van der Waals surface area contributed by atoms with E-state index in [0.717, 1.165) is 67.5 Å². The van der Waals surface area contributed by atoms with E-state index in [1.807, 2.05) is 36.4 Å². The van der Waals surface area contributed by atoms with E-state index in [9.17, 15) is 28.8 Å². The van der Waals surface area contributed by atoms with E-state index >= 15 is 0 Å². The van der Waals surface area contributed by atoms with Crippen LogP contribution in [0, 0.1) is 0 Å². The Morgan fingerprint density at radius 1 is 0.333 bits per heavy atom. The van der Waals surface area contributed by atoms with Gasteiger partial charge in [-0.1, -0.05) is 18.2 Å². The van der Waals surface area contributed by atoms with Crippen molar-refractivity contribution < 1.29 is 28.8 Å². The Kier molecular flexibility index (Phi) is 5.78. The molecule has 0 atom stereocenters. The Balaban J connectivity index is 0.000000103. The zero-order chi connectivity index (χ0) is 29.1. The molecule has 0 aromatic heterocycles. The molecular formula is C30H24N6O6. The second-order valence-electron chi connectivity index (χ2n) is 10.7. The molecule has 0 fully saturated rings. The van der Waals surface area contributed by atoms with Crippen molar-refractivity contribution in [2.75, 3.05) is 31.9 Å². The SMILES string of the molecule is O=C1Cc2c(ccc3c2CC(=O)N3)N1.O=C1Cc2c(ccc3c2NC(=O)C3)N1.O=C1Cc2ccc3c(c2N1)NC(=O)C3. The normalized spacial score (nSPS) is 17.4. The Hall–Kier alpha value is -5.52. The van der Waals surface area contributed by atoms with E-state index in [1.165, 1.54) is 0 Å². The van der Waals surface area contributed by atoms with Crippen molar-refractivity contribution in [3.05, 3.63) is 69.8 Å². The number of nitrogens with one attached hydrogen (secondary N) is 6. The first-order chi connectivity index (χ1) is 20.2. The van der Waals surface area contributed by atoms with Crippen LogP contribution in [0.2, 0.25) is 0 Å². The van der Waals surface area contributed by atoms with Crippen LogP contribution >= 0.6 is 0 Å². The van der Waals surface area contributed by atoms with Crippen molar-refractivity contribution in [1.82, 2.24) is 0 Å². The average molecular weight is 565 g/mol. The summed E-state index contributed by atoms with van der Waals surface area (Å²) in [5.41, 5.74) is 10.8. The number of amides is 6. The molecule has 0 saturated carbocycles. The van der Waals surface area contributed by atoms with E-state index in [2.05, 4.69) is 31.9 Å².